The van der Waals surface area contributed by atoms with Crippen LogP contribution < -0.4 is 0 Å². The molecule has 15 heavy (non-hydrogen) atoms. The van der Waals surface area contributed by atoms with E-state index < -0.39 is 9.84 Å². The van der Waals surface area contributed by atoms with Crippen LogP contribution in [0.3, 0.4) is 0 Å². The molecule has 4 heteroatoms. The van der Waals surface area contributed by atoms with Crippen LogP contribution in [0, 0.1) is 0 Å². The van der Waals surface area contributed by atoms with Gasteiger partial charge in [-0.15, -0.1) is 0 Å². The largest absolute Gasteiger partial charge is 0.508 e. The maximum Gasteiger partial charge on any atom is 0.150 e. The predicted molar refractivity (Wildman–Crippen MR) is 58.7 cm³/mol. The summed E-state index contributed by atoms with van der Waals surface area (Å²) in [7, 11) is -2.87. The van der Waals surface area contributed by atoms with Gasteiger partial charge in [0.25, 0.3) is 0 Å². The molecule has 1 unspecified atom stereocenters. The molecule has 0 saturated carbocycles. The van der Waals surface area contributed by atoms with Gasteiger partial charge in [0.15, 0.2) is 9.84 Å². The summed E-state index contributed by atoms with van der Waals surface area (Å²) in [5, 5.41) is 9.32. The topological polar surface area (TPSA) is 54.4 Å². The van der Waals surface area contributed by atoms with E-state index in [0.29, 0.717) is 5.75 Å². The SMILES string of the molecule is O=S1(=O)CCCC(c2cccc(O)c2)C1. The Labute approximate surface area is 89.7 Å². The fraction of sp³-hybridized carbons (Fsp3) is 0.455. The molecular weight excluding hydrogens is 212 g/mol. The first-order valence-electron chi connectivity index (χ1n) is 5.06. The fourth-order valence-electron chi connectivity index (χ4n) is 2.06. The Kier molecular flexibility index (Phi) is 2.69. The molecule has 0 bridgehead atoms. The Morgan fingerprint density at radius 3 is 2.80 bits per heavy atom. The van der Waals surface area contributed by atoms with Crippen LogP contribution in [-0.2, 0) is 9.84 Å². The maximum absolute atomic E-state index is 11.5. The van der Waals surface area contributed by atoms with Gasteiger partial charge < -0.3 is 5.11 Å². The van der Waals surface area contributed by atoms with Crippen molar-refractivity contribution < 1.29 is 13.5 Å². The van der Waals surface area contributed by atoms with E-state index in [1.54, 1.807) is 18.2 Å². The molecule has 3 nitrogen and oxygen atoms in total. The number of phenolic OH excluding ortho intramolecular Hbond substituents is 1. The molecule has 1 saturated heterocycles. The molecule has 1 fully saturated rings. The number of hydrogen-bond acceptors (Lipinski definition) is 3. The number of benzene rings is 1. The van der Waals surface area contributed by atoms with Crippen LogP contribution in [0.25, 0.3) is 0 Å². The highest BCUT2D eigenvalue weighted by atomic mass is 32.2. The fourth-order valence-corrected chi connectivity index (χ4v) is 3.81. The van der Waals surface area contributed by atoms with Crippen molar-refractivity contribution in [2.45, 2.75) is 18.8 Å². The van der Waals surface area contributed by atoms with Gasteiger partial charge in [-0.25, -0.2) is 8.42 Å². The maximum atomic E-state index is 11.5. The second kappa shape index (κ2) is 3.85. The molecule has 1 atom stereocenters. The Balaban J connectivity index is 2.24. The first kappa shape index (κ1) is 10.5. The molecule has 0 aliphatic carbocycles. The van der Waals surface area contributed by atoms with Gasteiger partial charge in [0.05, 0.1) is 11.5 Å². The Morgan fingerprint density at radius 2 is 2.13 bits per heavy atom. The Bertz CT molecular complexity index is 451. The quantitative estimate of drug-likeness (QED) is 0.792. The number of rotatable bonds is 1. The minimum Gasteiger partial charge on any atom is -0.508 e. The number of hydrogen-bond donors (Lipinski definition) is 1. The van der Waals surface area contributed by atoms with Gasteiger partial charge in [0, 0.05) is 0 Å². The summed E-state index contributed by atoms with van der Waals surface area (Å²) in [4.78, 5) is 0. The minimum atomic E-state index is -2.87. The van der Waals surface area contributed by atoms with E-state index in [1.807, 2.05) is 6.07 Å². The van der Waals surface area contributed by atoms with E-state index in [1.165, 1.54) is 0 Å². The zero-order chi connectivity index (χ0) is 10.9. The standard InChI is InChI=1S/C11H14O3S/c12-11-5-1-3-9(7-11)10-4-2-6-15(13,14)8-10/h1,3,5,7,10,12H,2,4,6,8H2. The lowest BCUT2D eigenvalue weighted by atomic mass is 9.96. The van der Waals surface area contributed by atoms with E-state index >= 15 is 0 Å². The van der Waals surface area contributed by atoms with E-state index in [0.717, 1.165) is 18.4 Å². The van der Waals surface area contributed by atoms with Crippen molar-refractivity contribution in [1.29, 1.82) is 0 Å². The van der Waals surface area contributed by atoms with Crippen LogP contribution in [0.2, 0.25) is 0 Å². The molecule has 0 amide bonds. The summed E-state index contributed by atoms with van der Waals surface area (Å²) < 4.78 is 22.9. The average molecular weight is 226 g/mol. The molecular formula is C11H14O3S. The van der Waals surface area contributed by atoms with Crippen molar-refractivity contribution in [3.05, 3.63) is 29.8 Å². The average Bonchev–Trinajstić information content (AvgIpc) is 2.16. The second-order valence-electron chi connectivity index (χ2n) is 4.05. The summed E-state index contributed by atoms with van der Waals surface area (Å²) in [6.45, 7) is 0. The molecule has 1 aliphatic heterocycles. The molecule has 0 radical (unpaired) electrons. The monoisotopic (exact) mass is 226 g/mol. The summed E-state index contributed by atoms with van der Waals surface area (Å²) in [6.07, 6.45) is 1.62. The summed E-state index contributed by atoms with van der Waals surface area (Å²) in [5.74, 6) is 0.782. The third-order valence-electron chi connectivity index (χ3n) is 2.80. The molecule has 1 N–H and O–H groups in total. The summed E-state index contributed by atoms with van der Waals surface area (Å²) in [5.41, 5.74) is 0.929. The molecule has 82 valence electrons. The van der Waals surface area contributed by atoms with Crippen molar-refractivity contribution >= 4 is 9.84 Å². The zero-order valence-corrected chi connectivity index (χ0v) is 9.20. The zero-order valence-electron chi connectivity index (χ0n) is 8.39. The summed E-state index contributed by atoms with van der Waals surface area (Å²) >= 11 is 0. The Hall–Kier alpha value is -1.03. The van der Waals surface area contributed by atoms with E-state index in [9.17, 15) is 13.5 Å². The minimum absolute atomic E-state index is 0.0517. The number of phenols is 1. The molecule has 1 aromatic rings. The third kappa shape index (κ3) is 2.50. The highest BCUT2D eigenvalue weighted by molar-refractivity contribution is 7.91. The van der Waals surface area contributed by atoms with Gasteiger partial charge in [0.1, 0.15) is 5.75 Å². The van der Waals surface area contributed by atoms with Gasteiger partial charge in [-0.3, -0.25) is 0 Å². The normalized spacial score (nSPS) is 24.9. The highest BCUT2D eigenvalue weighted by Crippen LogP contribution is 2.29. The van der Waals surface area contributed by atoms with E-state index in [2.05, 4.69) is 0 Å². The van der Waals surface area contributed by atoms with Crippen molar-refractivity contribution in [3.63, 3.8) is 0 Å². The number of sulfone groups is 1. The molecule has 1 heterocycles. The molecule has 1 aromatic carbocycles. The van der Waals surface area contributed by atoms with Crippen LogP contribution in [-0.4, -0.2) is 25.0 Å². The molecule has 2 rings (SSSR count). The van der Waals surface area contributed by atoms with Gasteiger partial charge in [-0.1, -0.05) is 12.1 Å². The molecule has 0 spiro atoms. The predicted octanol–water partition coefficient (Wildman–Crippen LogP) is 1.68. The lowest BCUT2D eigenvalue weighted by molar-refractivity contribution is 0.473. The van der Waals surface area contributed by atoms with Gasteiger partial charge >= 0.3 is 0 Å². The van der Waals surface area contributed by atoms with E-state index in [-0.39, 0.29) is 17.4 Å². The third-order valence-corrected chi connectivity index (χ3v) is 4.63. The van der Waals surface area contributed by atoms with Crippen LogP contribution in [0.4, 0.5) is 0 Å². The smallest absolute Gasteiger partial charge is 0.150 e. The van der Waals surface area contributed by atoms with Gasteiger partial charge in [0.2, 0.25) is 0 Å². The van der Waals surface area contributed by atoms with Crippen LogP contribution in [0.1, 0.15) is 24.3 Å². The molecule has 0 aromatic heterocycles. The van der Waals surface area contributed by atoms with Gasteiger partial charge in [-0.2, -0.15) is 0 Å². The van der Waals surface area contributed by atoms with Crippen LogP contribution >= 0.6 is 0 Å². The lowest BCUT2D eigenvalue weighted by Crippen LogP contribution is -2.23. The van der Waals surface area contributed by atoms with Crippen LogP contribution in [0.5, 0.6) is 5.75 Å². The van der Waals surface area contributed by atoms with Crippen molar-refractivity contribution in [2.75, 3.05) is 11.5 Å². The van der Waals surface area contributed by atoms with Crippen LogP contribution in [0.15, 0.2) is 24.3 Å². The lowest BCUT2D eigenvalue weighted by Gasteiger charge is -2.22. The number of aromatic hydroxyl groups is 1. The second-order valence-corrected chi connectivity index (χ2v) is 6.28. The highest BCUT2D eigenvalue weighted by Gasteiger charge is 2.25. The Morgan fingerprint density at radius 1 is 1.33 bits per heavy atom. The summed E-state index contributed by atoms with van der Waals surface area (Å²) in [6, 6.07) is 6.89. The molecule has 1 aliphatic rings. The van der Waals surface area contributed by atoms with E-state index in [4.69, 9.17) is 0 Å². The first-order chi connectivity index (χ1) is 7.07. The van der Waals surface area contributed by atoms with Gasteiger partial charge in [-0.05, 0) is 36.5 Å². The first-order valence-corrected chi connectivity index (χ1v) is 6.88. The van der Waals surface area contributed by atoms with Crippen molar-refractivity contribution in [1.82, 2.24) is 0 Å². The van der Waals surface area contributed by atoms with Crippen molar-refractivity contribution in [2.24, 2.45) is 0 Å². The van der Waals surface area contributed by atoms with Crippen molar-refractivity contribution in [3.8, 4) is 5.75 Å².